The Morgan fingerprint density at radius 2 is 1.96 bits per heavy atom. The lowest BCUT2D eigenvalue weighted by molar-refractivity contribution is -0.143. The van der Waals surface area contributed by atoms with Crippen LogP contribution in [-0.4, -0.2) is 24.4 Å². The van der Waals surface area contributed by atoms with Crippen molar-refractivity contribution in [1.82, 2.24) is 0 Å². The minimum atomic E-state index is -0.199. The molecule has 2 aromatic rings. The summed E-state index contributed by atoms with van der Waals surface area (Å²) in [5, 5.41) is 8.56. The molecule has 2 aromatic carbocycles. The van der Waals surface area contributed by atoms with Crippen LogP contribution in [0.2, 0.25) is 0 Å². The van der Waals surface area contributed by atoms with Gasteiger partial charge in [0.25, 0.3) is 0 Å². The molecule has 1 aliphatic heterocycles. The molecule has 0 amide bonds. The quantitative estimate of drug-likeness (QED) is 0.624. The van der Waals surface area contributed by atoms with Crippen LogP contribution < -0.4 is 4.74 Å². The van der Waals surface area contributed by atoms with E-state index in [1.165, 1.54) is 5.56 Å². The first-order valence-electron chi connectivity index (χ1n) is 7.30. The monoisotopic (exact) mass is 325 g/mol. The summed E-state index contributed by atoms with van der Waals surface area (Å²) in [7, 11) is 0. The van der Waals surface area contributed by atoms with E-state index in [9.17, 15) is 4.79 Å². The number of nitrogens with zero attached hydrogens (tertiary/aromatic N) is 1. The highest BCUT2D eigenvalue weighted by Gasteiger charge is 2.29. The molecule has 1 atom stereocenters. The highest BCUT2D eigenvalue weighted by atomic mass is 32.2. The Morgan fingerprint density at radius 3 is 2.70 bits per heavy atom. The minimum Gasteiger partial charge on any atom is -0.490 e. The summed E-state index contributed by atoms with van der Waals surface area (Å²) in [5.74, 6) is 0.456. The molecule has 1 aliphatic rings. The number of benzene rings is 2. The maximum atomic E-state index is 12.1. The van der Waals surface area contributed by atoms with Gasteiger partial charge in [-0.25, -0.2) is 0 Å². The lowest BCUT2D eigenvalue weighted by atomic mass is 10.1. The van der Waals surface area contributed by atoms with E-state index in [4.69, 9.17) is 14.7 Å². The molecule has 116 valence electrons. The summed E-state index contributed by atoms with van der Waals surface area (Å²) in [4.78, 5) is 13.2. The van der Waals surface area contributed by atoms with Crippen LogP contribution in [0.15, 0.2) is 53.4 Å². The van der Waals surface area contributed by atoms with Gasteiger partial charge in [0.1, 0.15) is 24.2 Å². The second-order valence-corrected chi connectivity index (χ2v) is 6.32. The van der Waals surface area contributed by atoms with Crippen LogP contribution in [0.3, 0.4) is 0 Å². The lowest BCUT2D eigenvalue weighted by Crippen LogP contribution is -2.22. The Bertz CT molecular complexity index is 712. The third-order valence-electron chi connectivity index (χ3n) is 3.49. The predicted molar refractivity (Wildman–Crippen MR) is 87.4 cm³/mol. The van der Waals surface area contributed by atoms with E-state index in [-0.39, 0.29) is 17.8 Å². The molecule has 0 aromatic heterocycles. The van der Waals surface area contributed by atoms with Gasteiger partial charge in [-0.2, -0.15) is 5.26 Å². The van der Waals surface area contributed by atoms with Crippen LogP contribution in [0.4, 0.5) is 0 Å². The van der Waals surface area contributed by atoms with Crippen molar-refractivity contribution in [2.24, 2.45) is 0 Å². The average molecular weight is 325 g/mol. The number of carbonyl (C=O) groups is 1. The number of fused-ring (bicyclic) bond motifs is 1. The van der Waals surface area contributed by atoms with Gasteiger partial charge in [-0.15, -0.1) is 11.8 Å². The average Bonchev–Trinajstić information content (AvgIpc) is 3.03. The SMILES string of the molecule is N#Cc1ccc(OCCOC(=O)[C@H]2Cc3ccccc3S2)cc1. The molecule has 0 saturated carbocycles. The number of thioether (sulfide) groups is 1. The minimum absolute atomic E-state index is 0.165. The van der Waals surface area contributed by atoms with Crippen molar-refractivity contribution < 1.29 is 14.3 Å². The zero-order chi connectivity index (χ0) is 16.1. The largest absolute Gasteiger partial charge is 0.490 e. The topological polar surface area (TPSA) is 59.3 Å². The van der Waals surface area contributed by atoms with Crippen LogP contribution in [0, 0.1) is 11.3 Å². The fraction of sp³-hybridized carbons (Fsp3) is 0.222. The first kappa shape index (κ1) is 15.4. The number of nitriles is 1. The summed E-state index contributed by atoms with van der Waals surface area (Å²) in [6.07, 6.45) is 0.718. The molecule has 3 rings (SSSR count). The van der Waals surface area contributed by atoms with E-state index >= 15 is 0 Å². The van der Waals surface area contributed by atoms with E-state index < -0.39 is 0 Å². The van der Waals surface area contributed by atoms with Gasteiger partial charge >= 0.3 is 5.97 Å². The molecule has 0 N–H and O–H groups in total. The first-order valence-corrected chi connectivity index (χ1v) is 8.18. The van der Waals surface area contributed by atoms with Gasteiger partial charge in [-0.1, -0.05) is 18.2 Å². The predicted octanol–water partition coefficient (Wildman–Crippen LogP) is 3.20. The number of esters is 1. The summed E-state index contributed by atoms with van der Waals surface area (Å²) >= 11 is 1.56. The third-order valence-corrected chi connectivity index (χ3v) is 4.79. The summed E-state index contributed by atoms with van der Waals surface area (Å²) in [5.41, 5.74) is 1.79. The van der Waals surface area contributed by atoms with E-state index in [0.717, 1.165) is 11.3 Å². The lowest BCUT2D eigenvalue weighted by Gasteiger charge is -2.10. The Balaban J connectivity index is 1.41. The summed E-state index contributed by atoms with van der Waals surface area (Å²) in [6.45, 7) is 0.508. The number of hydrogen-bond acceptors (Lipinski definition) is 5. The van der Waals surface area contributed by atoms with Crippen LogP contribution in [0.25, 0.3) is 0 Å². The second kappa shape index (κ2) is 7.21. The van der Waals surface area contributed by atoms with Gasteiger partial charge < -0.3 is 9.47 Å². The van der Waals surface area contributed by atoms with Gasteiger partial charge in [0.05, 0.1) is 11.6 Å². The fourth-order valence-electron chi connectivity index (χ4n) is 2.33. The Morgan fingerprint density at radius 1 is 1.17 bits per heavy atom. The molecule has 0 fully saturated rings. The van der Waals surface area contributed by atoms with Gasteiger partial charge in [0.15, 0.2) is 0 Å². The van der Waals surface area contributed by atoms with Crippen LogP contribution in [0.5, 0.6) is 5.75 Å². The smallest absolute Gasteiger partial charge is 0.319 e. The third kappa shape index (κ3) is 3.85. The van der Waals surface area contributed by atoms with Crippen molar-refractivity contribution in [3.63, 3.8) is 0 Å². The molecule has 0 spiro atoms. The first-order chi connectivity index (χ1) is 11.3. The van der Waals surface area contributed by atoms with E-state index in [1.54, 1.807) is 36.0 Å². The molecule has 0 saturated heterocycles. The Kier molecular flexibility index (Phi) is 4.84. The molecular formula is C18H15NO3S. The molecule has 0 radical (unpaired) electrons. The van der Waals surface area contributed by atoms with Crippen molar-refractivity contribution in [3.8, 4) is 11.8 Å². The molecule has 4 nitrogen and oxygen atoms in total. The summed E-state index contributed by atoms with van der Waals surface area (Å²) in [6, 6.07) is 16.9. The Hall–Kier alpha value is -2.45. The molecule has 1 heterocycles. The molecule has 0 unspecified atom stereocenters. The van der Waals surface area contributed by atoms with Crippen molar-refractivity contribution in [2.45, 2.75) is 16.6 Å². The number of hydrogen-bond donors (Lipinski definition) is 0. The zero-order valence-corrected chi connectivity index (χ0v) is 13.2. The standard InChI is InChI=1S/C18H15NO3S/c19-12-13-5-7-15(8-6-13)21-9-10-22-18(20)17-11-14-3-1-2-4-16(14)23-17/h1-8,17H,9-11H2/t17-/m1/s1. The second-order valence-electron chi connectivity index (χ2n) is 5.07. The highest BCUT2D eigenvalue weighted by molar-refractivity contribution is 8.01. The van der Waals surface area contributed by atoms with Crippen molar-refractivity contribution in [3.05, 3.63) is 59.7 Å². The van der Waals surface area contributed by atoms with Crippen molar-refractivity contribution in [2.75, 3.05) is 13.2 Å². The van der Waals surface area contributed by atoms with Gasteiger partial charge in [-0.05, 0) is 42.3 Å². The molecule has 0 aliphatic carbocycles. The van der Waals surface area contributed by atoms with Gasteiger partial charge in [-0.3, -0.25) is 4.79 Å². The van der Waals surface area contributed by atoms with E-state index in [1.807, 2.05) is 30.3 Å². The van der Waals surface area contributed by atoms with E-state index in [2.05, 4.69) is 0 Å². The Labute approximate surface area is 139 Å². The van der Waals surface area contributed by atoms with Crippen LogP contribution in [-0.2, 0) is 16.0 Å². The van der Waals surface area contributed by atoms with Gasteiger partial charge in [0, 0.05) is 4.90 Å². The maximum Gasteiger partial charge on any atom is 0.319 e. The highest BCUT2D eigenvalue weighted by Crippen LogP contribution is 2.37. The van der Waals surface area contributed by atoms with Crippen molar-refractivity contribution >= 4 is 17.7 Å². The summed E-state index contributed by atoms with van der Waals surface area (Å²) < 4.78 is 10.8. The van der Waals surface area contributed by atoms with Crippen LogP contribution >= 0.6 is 11.8 Å². The molecule has 23 heavy (non-hydrogen) atoms. The molecule has 5 heteroatoms. The fourth-order valence-corrected chi connectivity index (χ4v) is 3.53. The zero-order valence-electron chi connectivity index (χ0n) is 12.4. The normalized spacial score (nSPS) is 15.5. The van der Waals surface area contributed by atoms with E-state index in [0.29, 0.717) is 17.9 Å². The van der Waals surface area contributed by atoms with Crippen molar-refractivity contribution in [1.29, 1.82) is 5.26 Å². The molecular weight excluding hydrogens is 310 g/mol. The maximum absolute atomic E-state index is 12.1. The van der Waals surface area contributed by atoms with Gasteiger partial charge in [0.2, 0.25) is 0 Å². The number of ether oxygens (including phenoxy) is 2. The number of rotatable bonds is 5. The molecule has 0 bridgehead atoms. The number of carbonyl (C=O) groups excluding carboxylic acids is 1. The van der Waals surface area contributed by atoms with Crippen LogP contribution in [0.1, 0.15) is 11.1 Å².